The van der Waals surface area contributed by atoms with Crippen molar-refractivity contribution in [2.45, 2.75) is 25.5 Å². The van der Waals surface area contributed by atoms with Crippen LogP contribution in [0.5, 0.6) is 5.75 Å². The monoisotopic (exact) mass is 445 g/mol. The molecule has 0 spiro atoms. The number of hydrogen-bond donors (Lipinski definition) is 0. The van der Waals surface area contributed by atoms with E-state index in [1.54, 1.807) is 36.2 Å². The first kappa shape index (κ1) is 22.5. The molecule has 1 heterocycles. The molecule has 3 rings (SSSR count). The van der Waals surface area contributed by atoms with Gasteiger partial charge in [-0.3, -0.25) is 0 Å². The van der Waals surface area contributed by atoms with Crippen molar-refractivity contribution in [3.8, 4) is 17.1 Å². The van der Waals surface area contributed by atoms with Crippen LogP contribution in [-0.2, 0) is 6.61 Å². The van der Waals surface area contributed by atoms with Crippen LogP contribution >= 0.6 is 23.4 Å². The molecule has 0 amide bonds. The maximum absolute atomic E-state index is 13.3. The zero-order chi connectivity index (χ0) is 21.3. The first-order chi connectivity index (χ1) is 14.6. The number of thioether (sulfide) groups is 1. The topological polar surface area (TPSA) is 38.2 Å². The van der Waals surface area contributed by atoms with E-state index in [1.807, 2.05) is 18.2 Å². The Morgan fingerprint density at radius 1 is 1.10 bits per heavy atom. The molecule has 0 saturated heterocycles. The Morgan fingerprint density at radius 3 is 2.67 bits per heavy atom. The van der Waals surface area contributed by atoms with E-state index in [1.165, 1.54) is 12.1 Å². The van der Waals surface area contributed by atoms with E-state index in [-0.39, 0.29) is 12.4 Å². The molecule has 3 aromatic rings. The molecule has 0 saturated carbocycles. The third-order valence-electron chi connectivity index (χ3n) is 4.66. The molecule has 0 atom stereocenters. The lowest BCUT2D eigenvalue weighted by Gasteiger charge is -2.17. The van der Waals surface area contributed by atoms with Gasteiger partial charge in [-0.15, -0.1) is 11.8 Å². The number of nitrogens with zero attached hydrogens (tertiary/aromatic N) is 3. The average molecular weight is 446 g/mol. The van der Waals surface area contributed by atoms with Crippen LogP contribution in [0.25, 0.3) is 11.4 Å². The first-order valence-corrected chi connectivity index (χ1v) is 11.3. The van der Waals surface area contributed by atoms with Gasteiger partial charge in [-0.05, 0) is 55.1 Å². The molecule has 2 aromatic carbocycles. The number of rotatable bonds is 10. The standard InChI is InChI=1S/C23H25ClFN3OS/c1-3-28(4-2)12-13-30-22-10-11-26-23(27-22)18-8-9-21(20(24)15-18)29-16-17-6-5-7-19(25)14-17/h5-11,14-15H,3-4,12-13,16H2,1-2H3. The summed E-state index contributed by atoms with van der Waals surface area (Å²) in [4.78, 5) is 11.4. The summed E-state index contributed by atoms with van der Waals surface area (Å²) in [6.07, 6.45) is 1.77. The van der Waals surface area contributed by atoms with Gasteiger partial charge in [0.2, 0.25) is 0 Å². The van der Waals surface area contributed by atoms with Gasteiger partial charge in [0.05, 0.1) is 5.02 Å². The second-order valence-electron chi connectivity index (χ2n) is 6.66. The smallest absolute Gasteiger partial charge is 0.160 e. The van der Waals surface area contributed by atoms with Gasteiger partial charge < -0.3 is 9.64 Å². The SMILES string of the molecule is CCN(CC)CCSc1ccnc(-c2ccc(OCc3cccc(F)c3)c(Cl)c2)n1. The molecule has 0 fully saturated rings. The van der Waals surface area contributed by atoms with Gasteiger partial charge in [-0.25, -0.2) is 14.4 Å². The van der Waals surface area contributed by atoms with Crippen molar-refractivity contribution in [2.24, 2.45) is 0 Å². The van der Waals surface area contributed by atoms with Gasteiger partial charge >= 0.3 is 0 Å². The predicted octanol–water partition coefficient (Wildman–Crippen LogP) is 5.95. The van der Waals surface area contributed by atoms with Crippen molar-refractivity contribution in [3.63, 3.8) is 0 Å². The van der Waals surface area contributed by atoms with Crippen molar-refractivity contribution >= 4 is 23.4 Å². The number of benzene rings is 2. The van der Waals surface area contributed by atoms with Crippen molar-refractivity contribution in [2.75, 3.05) is 25.4 Å². The van der Waals surface area contributed by atoms with E-state index in [0.717, 1.165) is 41.5 Å². The van der Waals surface area contributed by atoms with Gasteiger partial charge in [0, 0.05) is 24.1 Å². The molecule has 4 nitrogen and oxygen atoms in total. The lowest BCUT2D eigenvalue weighted by atomic mass is 10.2. The van der Waals surface area contributed by atoms with Gasteiger partial charge in [-0.1, -0.05) is 37.6 Å². The summed E-state index contributed by atoms with van der Waals surface area (Å²) in [5.74, 6) is 1.85. The average Bonchev–Trinajstić information content (AvgIpc) is 2.76. The Balaban J connectivity index is 1.64. The van der Waals surface area contributed by atoms with Crippen molar-refractivity contribution in [1.82, 2.24) is 14.9 Å². The third-order valence-corrected chi connectivity index (χ3v) is 5.86. The lowest BCUT2D eigenvalue weighted by molar-refractivity contribution is 0.306. The summed E-state index contributed by atoms with van der Waals surface area (Å²) in [6, 6.07) is 13.7. The Bertz CT molecular complexity index is 969. The lowest BCUT2D eigenvalue weighted by Crippen LogP contribution is -2.25. The molecule has 0 aliphatic heterocycles. The molecule has 0 aliphatic rings. The van der Waals surface area contributed by atoms with E-state index in [0.29, 0.717) is 16.6 Å². The highest BCUT2D eigenvalue weighted by Gasteiger charge is 2.09. The van der Waals surface area contributed by atoms with Crippen LogP contribution < -0.4 is 4.74 Å². The molecule has 30 heavy (non-hydrogen) atoms. The van der Waals surface area contributed by atoms with Crippen molar-refractivity contribution in [3.05, 3.63) is 71.1 Å². The van der Waals surface area contributed by atoms with E-state index < -0.39 is 0 Å². The summed E-state index contributed by atoms with van der Waals surface area (Å²) in [7, 11) is 0. The Kier molecular flexibility index (Phi) is 8.49. The fourth-order valence-corrected chi connectivity index (χ4v) is 4.03. The highest BCUT2D eigenvalue weighted by atomic mass is 35.5. The minimum atomic E-state index is -0.287. The maximum atomic E-state index is 13.3. The predicted molar refractivity (Wildman–Crippen MR) is 122 cm³/mol. The van der Waals surface area contributed by atoms with E-state index in [4.69, 9.17) is 16.3 Å². The molecule has 0 bridgehead atoms. The molecular formula is C23H25ClFN3OS. The number of ether oxygens (including phenoxy) is 1. The largest absolute Gasteiger partial charge is 0.487 e. The van der Waals surface area contributed by atoms with Crippen molar-refractivity contribution < 1.29 is 9.13 Å². The highest BCUT2D eigenvalue weighted by Crippen LogP contribution is 2.30. The van der Waals surface area contributed by atoms with Crippen LogP contribution in [-0.4, -0.2) is 40.3 Å². The minimum absolute atomic E-state index is 0.242. The molecule has 158 valence electrons. The fraction of sp³-hybridized carbons (Fsp3) is 0.304. The molecular weight excluding hydrogens is 421 g/mol. The second kappa shape index (κ2) is 11.3. The second-order valence-corrected chi connectivity index (χ2v) is 8.18. The van der Waals surface area contributed by atoms with Crippen molar-refractivity contribution in [1.29, 1.82) is 0 Å². The van der Waals surface area contributed by atoms with Crippen LogP contribution in [0.1, 0.15) is 19.4 Å². The summed E-state index contributed by atoms with van der Waals surface area (Å²) < 4.78 is 19.0. The Hall–Kier alpha value is -2.15. The number of halogens is 2. The van der Waals surface area contributed by atoms with Crippen LogP contribution in [0.15, 0.2) is 59.8 Å². The van der Waals surface area contributed by atoms with Crippen LogP contribution in [0.3, 0.4) is 0 Å². The molecule has 1 aromatic heterocycles. The molecule has 0 radical (unpaired) electrons. The molecule has 0 unspecified atom stereocenters. The van der Waals surface area contributed by atoms with E-state index >= 15 is 0 Å². The Labute approximate surface area is 186 Å². The quantitative estimate of drug-likeness (QED) is 0.285. The minimum Gasteiger partial charge on any atom is -0.487 e. The Morgan fingerprint density at radius 2 is 1.93 bits per heavy atom. The van der Waals surface area contributed by atoms with Gasteiger partial charge in [-0.2, -0.15) is 0 Å². The molecule has 7 heteroatoms. The highest BCUT2D eigenvalue weighted by molar-refractivity contribution is 7.99. The summed E-state index contributed by atoms with van der Waals surface area (Å²) in [6.45, 7) is 7.72. The van der Waals surface area contributed by atoms with Crippen LogP contribution in [0, 0.1) is 5.82 Å². The van der Waals surface area contributed by atoms with Crippen LogP contribution in [0.4, 0.5) is 4.39 Å². The normalized spacial score (nSPS) is 11.1. The number of hydrogen-bond acceptors (Lipinski definition) is 5. The van der Waals surface area contributed by atoms with Gasteiger partial charge in [0.25, 0.3) is 0 Å². The molecule has 0 N–H and O–H groups in total. The van der Waals surface area contributed by atoms with Crippen LogP contribution in [0.2, 0.25) is 5.02 Å². The summed E-state index contributed by atoms with van der Waals surface area (Å²) in [5, 5.41) is 1.40. The van der Waals surface area contributed by atoms with E-state index in [2.05, 4.69) is 28.7 Å². The zero-order valence-electron chi connectivity index (χ0n) is 17.1. The summed E-state index contributed by atoms with van der Waals surface area (Å²) in [5.41, 5.74) is 1.57. The zero-order valence-corrected chi connectivity index (χ0v) is 18.7. The van der Waals surface area contributed by atoms with E-state index in [9.17, 15) is 4.39 Å². The molecule has 0 aliphatic carbocycles. The first-order valence-electron chi connectivity index (χ1n) is 9.94. The fourth-order valence-electron chi connectivity index (χ4n) is 2.93. The number of aromatic nitrogens is 2. The third kappa shape index (κ3) is 6.42. The summed E-state index contributed by atoms with van der Waals surface area (Å²) >= 11 is 8.12. The maximum Gasteiger partial charge on any atom is 0.160 e. The van der Waals surface area contributed by atoms with Gasteiger partial charge in [0.1, 0.15) is 23.2 Å². The van der Waals surface area contributed by atoms with Gasteiger partial charge in [0.15, 0.2) is 5.82 Å².